The number of methoxy groups -OCH3 is 1. The molecule has 6 nitrogen and oxygen atoms in total. The van der Waals surface area contributed by atoms with E-state index < -0.39 is 5.97 Å². The Kier molecular flexibility index (Phi) is 5.37. The molecule has 0 fully saturated rings. The molecule has 0 unspecified atom stereocenters. The minimum Gasteiger partial charge on any atom is -0.497 e. The van der Waals surface area contributed by atoms with Crippen molar-refractivity contribution in [1.82, 2.24) is 4.90 Å². The number of nitrogens with zero attached hydrogens (tertiary/aromatic N) is 1. The lowest BCUT2D eigenvalue weighted by atomic mass is 10.1. The summed E-state index contributed by atoms with van der Waals surface area (Å²) in [7, 11) is 1.52. The molecule has 3 rings (SSSR count). The van der Waals surface area contributed by atoms with Crippen LogP contribution >= 0.6 is 15.9 Å². The van der Waals surface area contributed by atoms with Crippen molar-refractivity contribution < 1.29 is 23.9 Å². The third-order valence-electron chi connectivity index (χ3n) is 4.00. The Hall–Kier alpha value is -2.67. The number of imide groups is 1. The van der Waals surface area contributed by atoms with Crippen LogP contribution in [0.1, 0.15) is 37.5 Å². The number of ether oxygens (including phenoxy) is 2. The lowest BCUT2D eigenvalue weighted by molar-refractivity contribution is 0.0482. The van der Waals surface area contributed by atoms with Crippen LogP contribution in [-0.4, -0.2) is 42.9 Å². The van der Waals surface area contributed by atoms with Gasteiger partial charge in [-0.05, 0) is 42.8 Å². The number of rotatable bonds is 6. The number of carbonyl (C=O) groups is 3. The Balaban J connectivity index is 1.53. The molecule has 2 aromatic rings. The molecule has 2 aromatic carbocycles. The van der Waals surface area contributed by atoms with E-state index in [-0.39, 0.29) is 25.0 Å². The Morgan fingerprint density at radius 1 is 1.08 bits per heavy atom. The fourth-order valence-corrected chi connectivity index (χ4v) is 3.05. The van der Waals surface area contributed by atoms with Crippen molar-refractivity contribution in [3.63, 3.8) is 0 Å². The van der Waals surface area contributed by atoms with Gasteiger partial charge >= 0.3 is 5.97 Å². The minimum atomic E-state index is -0.477. The third-order valence-corrected chi connectivity index (χ3v) is 4.49. The standard InChI is InChI=1S/C19H16BrNO5/c1-25-14-5-2-4-12(10-14)19(24)26-9-3-8-21-17(22)15-7-6-13(20)11-16(15)18(21)23/h2,4-7,10-11H,3,8-9H2,1H3. The van der Waals surface area contributed by atoms with Crippen LogP contribution < -0.4 is 4.74 Å². The van der Waals surface area contributed by atoms with Gasteiger partial charge in [0.2, 0.25) is 0 Å². The van der Waals surface area contributed by atoms with E-state index >= 15 is 0 Å². The summed E-state index contributed by atoms with van der Waals surface area (Å²) in [6.45, 7) is 0.294. The fourth-order valence-electron chi connectivity index (χ4n) is 2.69. The van der Waals surface area contributed by atoms with Gasteiger partial charge in [-0.15, -0.1) is 0 Å². The first kappa shape index (κ1) is 18.1. The summed E-state index contributed by atoms with van der Waals surface area (Å²) < 4.78 is 11.0. The molecule has 2 amide bonds. The van der Waals surface area contributed by atoms with E-state index in [2.05, 4.69) is 15.9 Å². The molecule has 0 saturated carbocycles. The number of carbonyl (C=O) groups excluding carboxylic acids is 3. The molecular weight excluding hydrogens is 402 g/mol. The maximum Gasteiger partial charge on any atom is 0.338 e. The van der Waals surface area contributed by atoms with Gasteiger partial charge in [0.1, 0.15) is 5.75 Å². The first-order valence-electron chi connectivity index (χ1n) is 7.98. The summed E-state index contributed by atoms with van der Waals surface area (Å²) in [5, 5.41) is 0. The van der Waals surface area contributed by atoms with Gasteiger partial charge in [0.15, 0.2) is 0 Å². The first-order valence-corrected chi connectivity index (χ1v) is 8.77. The lowest BCUT2D eigenvalue weighted by Crippen LogP contribution is -2.31. The van der Waals surface area contributed by atoms with Crippen molar-refractivity contribution in [1.29, 1.82) is 0 Å². The van der Waals surface area contributed by atoms with E-state index in [1.807, 2.05) is 0 Å². The van der Waals surface area contributed by atoms with Crippen molar-refractivity contribution >= 4 is 33.7 Å². The molecule has 0 atom stereocenters. The first-order chi connectivity index (χ1) is 12.5. The predicted octanol–water partition coefficient (Wildman–Crippen LogP) is 3.30. The predicted molar refractivity (Wildman–Crippen MR) is 97.4 cm³/mol. The highest BCUT2D eigenvalue weighted by Crippen LogP contribution is 2.26. The van der Waals surface area contributed by atoms with E-state index in [0.717, 1.165) is 4.47 Å². The van der Waals surface area contributed by atoms with Gasteiger partial charge in [-0.3, -0.25) is 14.5 Å². The maximum absolute atomic E-state index is 12.3. The highest BCUT2D eigenvalue weighted by atomic mass is 79.9. The van der Waals surface area contributed by atoms with Crippen LogP contribution in [0.3, 0.4) is 0 Å². The molecule has 134 valence electrons. The van der Waals surface area contributed by atoms with Crippen molar-refractivity contribution in [3.05, 3.63) is 63.6 Å². The quantitative estimate of drug-likeness (QED) is 0.409. The van der Waals surface area contributed by atoms with Crippen molar-refractivity contribution in [2.24, 2.45) is 0 Å². The fraction of sp³-hybridized carbons (Fsp3) is 0.211. The molecule has 1 aliphatic heterocycles. The summed E-state index contributed by atoms with van der Waals surface area (Å²) in [4.78, 5) is 37.8. The van der Waals surface area contributed by atoms with Gasteiger partial charge in [0.25, 0.3) is 11.8 Å². The summed E-state index contributed by atoms with van der Waals surface area (Å²) >= 11 is 3.30. The van der Waals surface area contributed by atoms with Crippen LogP contribution in [0.4, 0.5) is 0 Å². The van der Waals surface area contributed by atoms with Crippen LogP contribution in [0.15, 0.2) is 46.9 Å². The number of hydrogen-bond donors (Lipinski definition) is 0. The zero-order valence-corrected chi connectivity index (χ0v) is 15.6. The molecule has 0 radical (unpaired) electrons. The topological polar surface area (TPSA) is 72.9 Å². The Morgan fingerprint density at radius 2 is 1.85 bits per heavy atom. The van der Waals surface area contributed by atoms with Gasteiger partial charge in [-0.1, -0.05) is 22.0 Å². The second-order valence-corrected chi connectivity index (χ2v) is 6.59. The molecule has 0 aliphatic carbocycles. The molecule has 0 aromatic heterocycles. The van der Waals surface area contributed by atoms with Crippen molar-refractivity contribution in [2.45, 2.75) is 6.42 Å². The third kappa shape index (κ3) is 3.62. The van der Waals surface area contributed by atoms with Crippen LogP contribution in [0, 0.1) is 0 Å². The van der Waals surface area contributed by atoms with E-state index in [4.69, 9.17) is 9.47 Å². The zero-order valence-electron chi connectivity index (χ0n) is 14.0. The Morgan fingerprint density at radius 3 is 2.62 bits per heavy atom. The molecule has 7 heteroatoms. The van der Waals surface area contributed by atoms with E-state index in [0.29, 0.717) is 28.9 Å². The molecule has 26 heavy (non-hydrogen) atoms. The van der Waals surface area contributed by atoms with E-state index in [9.17, 15) is 14.4 Å². The average Bonchev–Trinajstić information content (AvgIpc) is 2.89. The largest absolute Gasteiger partial charge is 0.497 e. The summed E-state index contributed by atoms with van der Waals surface area (Å²) in [5.41, 5.74) is 1.17. The van der Waals surface area contributed by atoms with Gasteiger partial charge in [-0.2, -0.15) is 0 Å². The molecule has 0 saturated heterocycles. The van der Waals surface area contributed by atoms with Crippen LogP contribution in [0.5, 0.6) is 5.75 Å². The second kappa shape index (κ2) is 7.70. The molecular formula is C19H16BrNO5. The SMILES string of the molecule is COc1cccc(C(=O)OCCCN2C(=O)c3ccc(Br)cc3C2=O)c1. The van der Waals surface area contributed by atoms with E-state index in [1.165, 1.54) is 12.0 Å². The number of halogens is 1. The molecule has 0 spiro atoms. The van der Waals surface area contributed by atoms with Crippen molar-refractivity contribution in [2.75, 3.05) is 20.3 Å². The normalized spacial score (nSPS) is 12.9. The Labute approximate surface area is 158 Å². The number of amides is 2. The highest BCUT2D eigenvalue weighted by Gasteiger charge is 2.35. The monoisotopic (exact) mass is 417 g/mol. The number of fused-ring (bicyclic) bond motifs is 1. The summed E-state index contributed by atoms with van der Waals surface area (Å²) in [6, 6.07) is 11.6. The second-order valence-electron chi connectivity index (χ2n) is 5.67. The molecule has 0 bridgehead atoms. The molecule has 1 heterocycles. The van der Waals surface area contributed by atoms with Crippen molar-refractivity contribution in [3.8, 4) is 5.75 Å². The zero-order chi connectivity index (χ0) is 18.7. The number of hydrogen-bond acceptors (Lipinski definition) is 5. The van der Waals surface area contributed by atoms with Gasteiger partial charge < -0.3 is 9.47 Å². The molecule has 1 aliphatic rings. The highest BCUT2D eigenvalue weighted by molar-refractivity contribution is 9.10. The molecule has 0 N–H and O–H groups in total. The number of benzene rings is 2. The van der Waals surface area contributed by atoms with Gasteiger partial charge in [-0.25, -0.2) is 4.79 Å². The van der Waals surface area contributed by atoms with Crippen LogP contribution in [-0.2, 0) is 4.74 Å². The lowest BCUT2D eigenvalue weighted by Gasteiger charge is -2.13. The smallest absolute Gasteiger partial charge is 0.338 e. The van der Waals surface area contributed by atoms with Crippen LogP contribution in [0.25, 0.3) is 0 Å². The minimum absolute atomic E-state index is 0.104. The summed E-state index contributed by atoms with van der Waals surface area (Å²) in [5.74, 6) is -0.561. The van der Waals surface area contributed by atoms with Gasteiger partial charge in [0.05, 0.1) is 30.4 Å². The number of esters is 1. The maximum atomic E-state index is 12.3. The van der Waals surface area contributed by atoms with Gasteiger partial charge in [0, 0.05) is 11.0 Å². The summed E-state index contributed by atoms with van der Waals surface area (Å²) in [6.07, 6.45) is 0.363. The Bertz CT molecular complexity index is 880. The van der Waals surface area contributed by atoms with Crippen LogP contribution in [0.2, 0.25) is 0 Å². The van der Waals surface area contributed by atoms with E-state index in [1.54, 1.807) is 42.5 Å². The average molecular weight is 418 g/mol.